The van der Waals surface area contributed by atoms with Gasteiger partial charge in [0.25, 0.3) is 9.05 Å². The molecule has 0 aliphatic carbocycles. The molecule has 0 saturated carbocycles. The Morgan fingerprint density at radius 2 is 2.21 bits per heavy atom. The van der Waals surface area contributed by atoms with E-state index in [-0.39, 0.29) is 4.90 Å². The zero-order valence-corrected chi connectivity index (χ0v) is 11.9. The number of hydrogen-bond acceptors (Lipinski definition) is 4. The highest BCUT2D eigenvalue weighted by Gasteiger charge is 2.13. The van der Waals surface area contributed by atoms with Crippen molar-refractivity contribution in [1.82, 2.24) is 9.55 Å². The maximum Gasteiger partial charge on any atom is 0.261 e. The first-order valence-electron chi connectivity index (χ1n) is 5.60. The summed E-state index contributed by atoms with van der Waals surface area (Å²) in [5, 5.41) is 0. The molecule has 0 N–H and O–H groups in total. The second kappa shape index (κ2) is 5.63. The molecule has 2 rings (SSSR count). The summed E-state index contributed by atoms with van der Waals surface area (Å²) in [6.07, 6.45) is 5.25. The lowest BCUT2D eigenvalue weighted by molar-refractivity contribution is 0.298. The summed E-state index contributed by atoms with van der Waals surface area (Å²) in [5.74, 6) is 0.613. The molecule has 2 aromatic rings. The topological polar surface area (TPSA) is 61.2 Å². The van der Waals surface area contributed by atoms with Gasteiger partial charge < -0.3 is 9.30 Å². The second-order valence-electron chi connectivity index (χ2n) is 4.01. The van der Waals surface area contributed by atoms with Gasteiger partial charge in [-0.3, -0.25) is 0 Å². The van der Waals surface area contributed by atoms with Crippen molar-refractivity contribution in [1.29, 1.82) is 0 Å². The molecule has 7 heteroatoms. The van der Waals surface area contributed by atoms with Gasteiger partial charge in [0.1, 0.15) is 12.4 Å². The summed E-state index contributed by atoms with van der Waals surface area (Å²) in [7, 11) is 1.61. The fourth-order valence-corrected chi connectivity index (χ4v) is 2.87. The summed E-state index contributed by atoms with van der Waals surface area (Å²) in [6.45, 7) is 2.83. The molecular formula is C12H13ClN2O3S. The Hall–Kier alpha value is -1.53. The SMILES string of the molecule is Cc1cc(OCCn2ccnc2)ccc1S(=O)(=O)Cl. The summed E-state index contributed by atoms with van der Waals surface area (Å²) in [4.78, 5) is 4.03. The van der Waals surface area contributed by atoms with Crippen molar-refractivity contribution in [2.24, 2.45) is 0 Å². The molecule has 0 atom stereocenters. The van der Waals surface area contributed by atoms with E-state index in [2.05, 4.69) is 4.98 Å². The molecule has 102 valence electrons. The number of rotatable bonds is 5. The highest BCUT2D eigenvalue weighted by molar-refractivity contribution is 8.13. The van der Waals surface area contributed by atoms with Gasteiger partial charge >= 0.3 is 0 Å². The number of imidazole rings is 1. The summed E-state index contributed by atoms with van der Waals surface area (Å²) < 4.78 is 29.9. The van der Waals surface area contributed by atoms with E-state index in [1.165, 1.54) is 6.07 Å². The van der Waals surface area contributed by atoms with Gasteiger partial charge in [-0.1, -0.05) is 0 Å². The second-order valence-corrected chi connectivity index (χ2v) is 6.55. The molecular weight excluding hydrogens is 288 g/mol. The van der Waals surface area contributed by atoms with Crippen LogP contribution in [0, 0.1) is 6.92 Å². The molecule has 0 radical (unpaired) electrons. The fraction of sp³-hybridized carbons (Fsp3) is 0.250. The van der Waals surface area contributed by atoms with E-state index in [1.807, 2.05) is 10.8 Å². The molecule has 0 amide bonds. The monoisotopic (exact) mass is 300 g/mol. The van der Waals surface area contributed by atoms with Crippen LogP contribution in [0.3, 0.4) is 0 Å². The van der Waals surface area contributed by atoms with Crippen molar-refractivity contribution in [3.05, 3.63) is 42.5 Å². The van der Waals surface area contributed by atoms with Crippen LogP contribution < -0.4 is 4.74 Å². The lowest BCUT2D eigenvalue weighted by Gasteiger charge is -2.09. The minimum Gasteiger partial charge on any atom is -0.492 e. The maximum absolute atomic E-state index is 11.2. The maximum atomic E-state index is 11.2. The Bertz CT molecular complexity index is 654. The molecule has 0 unspecified atom stereocenters. The number of ether oxygens (including phenoxy) is 1. The molecule has 1 aromatic carbocycles. The Morgan fingerprint density at radius 1 is 1.42 bits per heavy atom. The van der Waals surface area contributed by atoms with Gasteiger partial charge in [-0.05, 0) is 30.7 Å². The van der Waals surface area contributed by atoms with Crippen molar-refractivity contribution in [2.45, 2.75) is 18.4 Å². The lowest BCUT2D eigenvalue weighted by atomic mass is 10.2. The van der Waals surface area contributed by atoms with Crippen LogP contribution >= 0.6 is 10.7 Å². The minimum absolute atomic E-state index is 0.108. The zero-order valence-electron chi connectivity index (χ0n) is 10.3. The average Bonchev–Trinajstić information content (AvgIpc) is 2.80. The molecule has 0 aliphatic rings. The van der Waals surface area contributed by atoms with Crippen LogP contribution in [0.4, 0.5) is 0 Å². The zero-order chi connectivity index (χ0) is 13.9. The normalized spacial score (nSPS) is 11.5. The molecule has 0 spiro atoms. The van der Waals surface area contributed by atoms with Gasteiger partial charge in [-0.2, -0.15) is 0 Å². The Labute approximate surface area is 116 Å². The number of aryl methyl sites for hydroxylation is 1. The van der Waals surface area contributed by atoms with Crippen LogP contribution in [0.1, 0.15) is 5.56 Å². The highest BCUT2D eigenvalue weighted by Crippen LogP contribution is 2.23. The highest BCUT2D eigenvalue weighted by atomic mass is 35.7. The van der Waals surface area contributed by atoms with E-state index >= 15 is 0 Å². The third kappa shape index (κ3) is 3.71. The van der Waals surface area contributed by atoms with Gasteiger partial charge in [0.2, 0.25) is 0 Å². The number of benzene rings is 1. The van der Waals surface area contributed by atoms with Crippen LogP contribution in [0.15, 0.2) is 41.8 Å². The molecule has 0 bridgehead atoms. The van der Waals surface area contributed by atoms with Gasteiger partial charge in [0.05, 0.1) is 17.8 Å². The van der Waals surface area contributed by atoms with Crippen molar-refractivity contribution in [2.75, 3.05) is 6.61 Å². The quantitative estimate of drug-likeness (QED) is 0.794. The molecule has 0 fully saturated rings. The Balaban J connectivity index is 2.00. The molecule has 1 heterocycles. The third-order valence-electron chi connectivity index (χ3n) is 2.59. The standard InChI is InChI=1S/C12H13ClN2O3S/c1-10-8-11(2-3-12(10)19(13,16)17)18-7-6-15-5-4-14-9-15/h2-5,8-9H,6-7H2,1H3. The molecule has 5 nitrogen and oxygen atoms in total. The van der Waals surface area contributed by atoms with Crippen LogP contribution in [-0.2, 0) is 15.6 Å². The average molecular weight is 301 g/mol. The predicted octanol–water partition coefficient (Wildman–Crippen LogP) is 2.20. The molecule has 1 aromatic heterocycles. The van der Waals surface area contributed by atoms with E-state index < -0.39 is 9.05 Å². The van der Waals surface area contributed by atoms with Gasteiger partial charge in [-0.15, -0.1) is 0 Å². The summed E-state index contributed by atoms with van der Waals surface area (Å²) >= 11 is 0. The largest absolute Gasteiger partial charge is 0.492 e. The molecule has 0 saturated heterocycles. The number of nitrogens with zero attached hydrogens (tertiary/aromatic N) is 2. The Morgan fingerprint density at radius 3 is 2.79 bits per heavy atom. The predicted molar refractivity (Wildman–Crippen MR) is 71.9 cm³/mol. The Kier molecular flexibility index (Phi) is 4.11. The third-order valence-corrected chi connectivity index (χ3v) is 4.07. The summed E-state index contributed by atoms with van der Waals surface area (Å²) in [5.41, 5.74) is 0.565. The smallest absolute Gasteiger partial charge is 0.261 e. The van der Waals surface area contributed by atoms with Crippen molar-refractivity contribution >= 4 is 19.7 Å². The first-order valence-corrected chi connectivity index (χ1v) is 7.91. The molecule has 0 aliphatic heterocycles. The van der Waals surface area contributed by atoms with Gasteiger partial charge in [0, 0.05) is 23.1 Å². The van der Waals surface area contributed by atoms with Crippen molar-refractivity contribution in [3.8, 4) is 5.75 Å². The first kappa shape index (κ1) is 13.9. The van der Waals surface area contributed by atoms with Crippen molar-refractivity contribution in [3.63, 3.8) is 0 Å². The first-order chi connectivity index (χ1) is 8.97. The number of halogens is 1. The summed E-state index contributed by atoms with van der Waals surface area (Å²) in [6, 6.07) is 4.70. The van der Waals surface area contributed by atoms with E-state index in [0.717, 1.165) is 0 Å². The number of aromatic nitrogens is 2. The van der Waals surface area contributed by atoms with Crippen molar-refractivity contribution < 1.29 is 13.2 Å². The lowest BCUT2D eigenvalue weighted by Crippen LogP contribution is -2.06. The van der Waals surface area contributed by atoms with E-state index in [9.17, 15) is 8.42 Å². The van der Waals surface area contributed by atoms with Crippen LogP contribution in [0.5, 0.6) is 5.75 Å². The fourth-order valence-electron chi connectivity index (χ4n) is 1.67. The van der Waals surface area contributed by atoms with Crippen LogP contribution in [-0.4, -0.2) is 24.6 Å². The van der Waals surface area contributed by atoms with E-state index in [0.29, 0.717) is 24.5 Å². The van der Waals surface area contributed by atoms with E-state index in [4.69, 9.17) is 15.4 Å². The molecule has 19 heavy (non-hydrogen) atoms. The number of hydrogen-bond donors (Lipinski definition) is 0. The van der Waals surface area contributed by atoms with Gasteiger partial charge in [-0.25, -0.2) is 13.4 Å². The van der Waals surface area contributed by atoms with E-state index in [1.54, 1.807) is 31.6 Å². The van der Waals surface area contributed by atoms with Gasteiger partial charge in [0.15, 0.2) is 0 Å². The van der Waals surface area contributed by atoms with Crippen LogP contribution in [0.2, 0.25) is 0 Å². The minimum atomic E-state index is -3.70. The van der Waals surface area contributed by atoms with Crippen LogP contribution in [0.25, 0.3) is 0 Å².